The van der Waals surface area contributed by atoms with E-state index in [0.717, 1.165) is 37.2 Å². The third-order valence-electron chi connectivity index (χ3n) is 5.83. The number of rotatable bonds is 8. The van der Waals surface area contributed by atoms with E-state index in [1.165, 1.54) is 12.1 Å². The first kappa shape index (κ1) is 23.2. The van der Waals surface area contributed by atoms with Gasteiger partial charge in [0.25, 0.3) is 0 Å². The molecule has 1 aliphatic rings. The molecule has 1 N–H and O–H groups in total. The minimum atomic E-state index is -0.387. The van der Waals surface area contributed by atoms with Gasteiger partial charge < -0.3 is 15.0 Å². The number of piperidine rings is 1. The summed E-state index contributed by atoms with van der Waals surface area (Å²) in [6.07, 6.45) is 3.31. The zero-order valence-corrected chi connectivity index (χ0v) is 19.0. The van der Waals surface area contributed by atoms with Gasteiger partial charge in [-0.05, 0) is 67.9 Å². The number of hydrogen-bond acceptors (Lipinski definition) is 4. The highest BCUT2D eigenvalue weighted by atomic mass is 35.5. The maximum Gasteiger partial charge on any atom is 0.226 e. The summed E-state index contributed by atoms with van der Waals surface area (Å²) in [7, 11) is 0. The summed E-state index contributed by atoms with van der Waals surface area (Å²) in [5.74, 6) is 0.0803. The molecule has 33 heavy (non-hydrogen) atoms. The highest BCUT2D eigenvalue weighted by Crippen LogP contribution is 2.31. The first-order valence-electron chi connectivity index (χ1n) is 11.2. The number of aromatic nitrogens is 1. The van der Waals surface area contributed by atoms with Crippen molar-refractivity contribution in [2.24, 2.45) is 5.92 Å². The fourth-order valence-electron chi connectivity index (χ4n) is 4.18. The number of benzene rings is 2. The Morgan fingerprint density at radius 3 is 2.61 bits per heavy atom. The summed E-state index contributed by atoms with van der Waals surface area (Å²) in [5, 5.41) is 3.95. The lowest BCUT2D eigenvalue weighted by Crippen LogP contribution is -2.45. The molecular weight excluding hydrogens is 441 g/mol. The molecule has 1 amide bonds. The van der Waals surface area contributed by atoms with Crippen LogP contribution in [0.2, 0.25) is 5.02 Å². The Bertz CT molecular complexity index is 1040. The maximum absolute atomic E-state index is 13.8. The van der Waals surface area contributed by atoms with Crippen LogP contribution in [0.25, 0.3) is 0 Å². The Labute approximate surface area is 198 Å². The van der Waals surface area contributed by atoms with Gasteiger partial charge in [0.1, 0.15) is 18.2 Å². The first-order valence-corrected chi connectivity index (χ1v) is 11.6. The monoisotopic (exact) mass is 467 g/mol. The molecule has 172 valence electrons. The lowest BCUT2D eigenvalue weighted by atomic mass is 9.93. The Morgan fingerprint density at radius 1 is 1.12 bits per heavy atom. The molecule has 1 aromatic heterocycles. The predicted octanol–water partition coefficient (Wildman–Crippen LogP) is 4.87. The number of carbonyl (C=O) groups is 1. The van der Waals surface area contributed by atoms with Gasteiger partial charge in [-0.2, -0.15) is 0 Å². The zero-order valence-electron chi connectivity index (χ0n) is 18.3. The van der Waals surface area contributed by atoms with Gasteiger partial charge in [-0.3, -0.25) is 9.78 Å². The van der Waals surface area contributed by atoms with Crippen molar-refractivity contribution in [3.05, 3.63) is 95.0 Å². The van der Waals surface area contributed by atoms with Crippen molar-refractivity contribution in [2.75, 3.05) is 26.2 Å². The number of halogens is 2. The van der Waals surface area contributed by atoms with E-state index in [1.807, 2.05) is 47.4 Å². The summed E-state index contributed by atoms with van der Waals surface area (Å²) in [4.78, 5) is 20.2. The predicted molar refractivity (Wildman–Crippen MR) is 127 cm³/mol. The van der Waals surface area contributed by atoms with Crippen LogP contribution in [-0.4, -0.2) is 42.0 Å². The molecule has 5 nitrogen and oxygen atoms in total. The summed E-state index contributed by atoms with van der Waals surface area (Å²) in [6, 6.07) is 18.8. The highest BCUT2D eigenvalue weighted by Gasteiger charge is 2.33. The van der Waals surface area contributed by atoms with Crippen LogP contribution in [0.1, 0.15) is 30.1 Å². The van der Waals surface area contributed by atoms with Crippen LogP contribution in [0.15, 0.2) is 72.9 Å². The van der Waals surface area contributed by atoms with Crippen LogP contribution in [0.4, 0.5) is 4.39 Å². The average molecular weight is 468 g/mol. The lowest BCUT2D eigenvalue weighted by Gasteiger charge is -2.35. The fraction of sp³-hybridized carbons (Fsp3) is 0.308. The number of ether oxygens (including phenoxy) is 1. The van der Waals surface area contributed by atoms with Gasteiger partial charge in [0.15, 0.2) is 0 Å². The molecule has 1 fully saturated rings. The standard InChI is InChI=1S/C26H27ClFN3O2/c27-21-9-7-19(8-10-21)25(24-6-1-2-13-30-24)31(26(32)20-11-14-29-15-12-20)16-17-33-23-5-3-4-22(28)18-23/h1-10,13,18,20,25,29H,11-12,14-17H2/t25-/m1/s1. The molecule has 0 saturated carbocycles. The molecule has 4 rings (SSSR count). The Morgan fingerprint density at radius 2 is 1.91 bits per heavy atom. The smallest absolute Gasteiger partial charge is 0.226 e. The van der Waals surface area contributed by atoms with Gasteiger partial charge >= 0.3 is 0 Å². The van der Waals surface area contributed by atoms with E-state index in [4.69, 9.17) is 16.3 Å². The quantitative estimate of drug-likeness (QED) is 0.513. The van der Waals surface area contributed by atoms with Crippen molar-refractivity contribution in [2.45, 2.75) is 18.9 Å². The molecule has 3 aromatic rings. The minimum Gasteiger partial charge on any atom is -0.492 e. The van der Waals surface area contributed by atoms with Crippen molar-refractivity contribution in [1.29, 1.82) is 0 Å². The van der Waals surface area contributed by atoms with Crippen LogP contribution in [-0.2, 0) is 4.79 Å². The molecule has 7 heteroatoms. The molecule has 1 saturated heterocycles. The maximum atomic E-state index is 13.8. The number of carbonyl (C=O) groups excluding carboxylic acids is 1. The van der Waals surface area contributed by atoms with Crippen LogP contribution in [0.5, 0.6) is 5.75 Å². The summed E-state index contributed by atoms with van der Waals surface area (Å²) < 4.78 is 19.4. The van der Waals surface area contributed by atoms with E-state index >= 15 is 0 Å². The van der Waals surface area contributed by atoms with Crippen molar-refractivity contribution < 1.29 is 13.9 Å². The van der Waals surface area contributed by atoms with Gasteiger partial charge in [-0.25, -0.2) is 4.39 Å². The van der Waals surface area contributed by atoms with E-state index in [2.05, 4.69) is 10.3 Å². The molecule has 2 heterocycles. The van der Waals surface area contributed by atoms with Crippen molar-refractivity contribution in [3.8, 4) is 5.75 Å². The van der Waals surface area contributed by atoms with Gasteiger partial charge in [0, 0.05) is 23.2 Å². The number of hydrogen-bond donors (Lipinski definition) is 1. The van der Waals surface area contributed by atoms with E-state index in [9.17, 15) is 9.18 Å². The van der Waals surface area contributed by atoms with Crippen molar-refractivity contribution >= 4 is 17.5 Å². The second kappa shape index (κ2) is 11.3. The molecular formula is C26H27ClFN3O2. The number of nitrogens with one attached hydrogen (secondary N) is 1. The second-order valence-electron chi connectivity index (χ2n) is 8.07. The molecule has 1 atom stereocenters. The van der Waals surface area contributed by atoms with E-state index in [1.54, 1.807) is 18.3 Å². The SMILES string of the molecule is O=C(C1CCNCC1)N(CCOc1cccc(F)c1)[C@H](c1ccc(Cl)cc1)c1ccccn1. The molecule has 2 aromatic carbocycles. The normalized spacial score (nSPS) is 15.1. The lowest BCUT2D eigenvalue weighted by molar-refractivity contribution is -0.138. The fourth-order valence-corrected chi connectivity index (χ4v) is 4.31. The molecule has 0 radical (unpaired) electrons. The van der Waals surface area contributed by atoms with Crippen LogP contribution < -0.4 is 10.1 Å². The minimum absolute atomic E-state index is 0.0704. The second-order valence-corrected chi connectivity index (χ2v) is 8.51. The Balaban J connectivity index is 1.64. The van der Waals surface area contributed by atoms with Crippen LogP contribution in [0.3, 0.4) is 0 Å². The van der Waals surface area contributed by atoms with Crippen LogP contribution in [0, 0.1) is 11.7 Å². The summed E-state index contributed by atoms with van der Waals surface area (Å²) in [6.45, 7) is 2.21. The molecule has 0 bridgehead atoms. The largest absolute Gasteiger partial charge is 0.492 e. The van der Waals surface area contributed by atoms with E-state index in [-0.39, 0.29) is 30.3 Å². The van der Waals surface area contributed by atoms with Gasteiger partial charge in [0.05, 0.1) is 18.3 Å². The zero-order chi connectivity index (χ0) is 23.0. The molecule has 0 aliphatic carbocycles. The van der Waals surface area contributed by atoms with Crippen molar-refractivity contribution in [3.63, 3.8) is 0 Å². The Hall–Kier alpha value is -2.96. The Kier molecular flexibility index (Phi) is 7.92. The first-order chi connectivity index (χ1) is 16.1. The van der Waals surface area contributed by atoms with Crippen LogP contribution >= 0.6 is 11.6 Å². The average Bonchev–Trinajstić information content (AvgIpc) is 2.85. The molecule has 0 unspecified atom stereocenters. The number of nitrogens with zero attached hydrogens (tertiary/aromatic N) is 2. The van der Waals surface area contributed by atoms with Crippen molar-refractivity contribution in [1.82, 2.24) is 15.2 Å². The topological polar surface area (TPSA) is 54.5 Å². The number of amides is 1. The molecule has 1 aliphatic heterocycles. The third-order valence-corrected chi connectivity index (χ3v) is 6.09. The van der Waals surface area contributed by atoms with E-state index in [0.29, 0.717) is 17.3 Å². The van der Waals surface area contributed by atoms with Gasteiger partial charge in [-0.15, -0.1) is 0 Å². The third kappa shape index (κ3) is 6.09. The summed E-state index contributed by atoms with van der Waals surface area (Å²) >= 11 is 6.14. The summed E-state index contributed by atoms with van der Waals surface area (Å²) in [5.41, 5.74) is 1.69. The number of pyridine rings is 1. The highest BCUT2D eigenvalue weighted by molar-refractivity contribution is 6.30. The van der Waals surface area contributed by atoms with E-state index < -0.39 is 0 Å². The molecule has 0 spiro atoms. The van der Waals surface area contributed by atoms with Gasteiger partial charge in [-0.1, -0.05) is 35.9 Å². The van der Waals surface area contributed by atoms with Gasteiger partial charge in [0.2, 0.25) is 5.91 Å².